The number of nitrogens with one attached hydrogen (secondary N) is 3. The number of hydrazine groups is 1. The van der Waals surface area contributed by atoms with Gasteiger partial charge in [-0.1, -0.05) is 0 Å². The molecule has 8 nitrogen and oxygen atoms in total. The number of piperidine rings is 1. The van der Waals surface area contributed by atoms with Crippen LogP contribution in [0, 0.1) is 5.92 Å². The zero-order chi connectivity index (χ0) is 17.3. The molecule has 0 radical (unpaired) electrons. The first kappa shape index (κ1) is 20.1. The summed E-state index contributed by atoms with van der Waals surface area (Å²) >= 11 is 5.04. The Balaban J connectivity index is 2.35. The SMILES string of the molecule is CCS(=O)(=O)N1CCC[C@H](C(=O)NNC(=S)NCCCOC)C1. The Bertz CT molecular complexity index is 498. The van der Waals surface area contributed by atoms with E-state index < -0.39 is 10.0 Å². The van der Waals surface area contributed by atoms with Gasteiger partial charge in [-0.3, -0.25) is 15.6 Å². The fourth-order valence-electron chi connectivity index (χ4n) is 2.27. The van der Waals surface area contributed by atoms with Crippen molar-refractivity contribution in [3.8, 4) is 0 Å². The molecule has 1 amide bonds. The number of methoxy groups -OCH3 is 1. The van der Waals surface area contributed by atoms with Gasteiger partial charge in [0.25, 0.3) is 0 Å². The summed E-state index contributed by atoms with van der Waals surface area (Å²) in [5.74, 6) is -0.564. The summed E-state index contributed by atoms with van der Waals surface area (Å²) in [4.78, 5) is 12.1. The van der Waals surface area contributed by atoms with E-state index in [1.807, 2.05) is 0 Å². The first-order valence-corrected chi connectivity index (χ1v) is 9.73. The molecule has 134 valence electrons. The van der Waals surface area contributed by atoms with Crippen molar-refractivity contribution in [2.24, 2.45) is 5.92 Å². The lowest BCUT2D eigenvalue weighted by Crippen LogP contribution is -2.52. The van der Waals surface area contributed by atoms with Crippen LogP contribution in [0.3, 0.4) is 0 Å². The number of thiocarbonyl (C=S) groups is 1. The number of carbonyl (C=O) groups is 1. The number of hydrogen-bond donors (Lipinski definition) is 3. The van der Waals surface area contributed by atoms with E-state index in [-0.39, 0.29) is 24.1 Å². The molecule has 1 saturated heterocycles. The summed E-state index contributed by atoms with van der Waals surface area (Å²) in [5, 5.41) is 3.26. The maximum atomic E-state index is 12.1. The number of hydrogen-bond acceptors (Lipinski definition) is 5. The van der Waals surface area contributed by atoms with Gasteiger partial charge in [0.2, 0.25) is 15.9 Å². The van der Waals surface area contributed by atoms with Crippen LogP contribution in [0.4, 0.5) is 0 Å². The average molecular weight is 367 g/mol. The van der Waals surface area contributed by atoms with Crippen LogP contribution in [-0.4, -0.2) is 62.8 Å². The van der Waals surface area contributed by atoms with Crippen molar-refractivity contribution in [1.29, 1.82) is 0 Å². The van der Waals surface area contributed by atoms with E-state index in [9.17, 15) is 13.2 Å². The highest BCUT2D eigenvalue weighted by Crippen LogP contribution is 2.19. The summed E-state index contributed by atoms with van der Waals surface area (Å²) in [7, 11) is -1.63. The van der Waals surface area contributed by atoms with Crippen molar-refractivity contribution in [3.05, 3.63) is 0 Å². The van der Waals surface area contributed by atoms with E-state index in [2.05, 4.69) is 16.2 Å². The minimum absolute atomic E-state index is 0.0507. The van der Waals surface area contributed by atoms with Crippen LogP contribution in [0.5, 0.6) is 0 Å². The molecule has 0 aromatic carbocycles. The Morgan fingerprint density at radius 2 is 2.13 bits per heavy atom. The Labute approximate surface area is 143 Å². The van der Waals surface area contributed by atoms with E-state index in [1.54, 1.807) is 14.0 Å². The third-order valence-electron chi connectivity index (χ3n) is 3.62. The number of nitrogens with zero attached hydrogens (tertiary/aromatic N) is 1. The largest absolute Gasteiger partial charge is 0.385 e. The number of sulfonamides is 1. The Morgan fingerprint density at radius 1 is 1.39 bits per heavy atom. The van der Waals surface area contributed by atoms with Crippen molar-refractivity contribution in [1.82, 2.24) is 20.5 Å². The second-order valence-corrected chi connectivity index (χ2v) is 7.98. The molecule has 1 rings (SSSR count). The maximum absolute atomic E-state index is 12.1. The van der Waals surface area contributed by atoms with E-state index in [4.69, 9.17) is 17.0 Å². The molecule has 23 heavy (non-hydrogen) atoms. The molecule has 10 heteroatoms. The number of ether oxygens (including phenoxy) is 1. The lowest BCUT2D eigenvalue weighted by molar-refractivity contribution is -0.126. The van der Waals surface area contributed by atoms with E-state index >= 15 is 0 Å². The molecule has 1 aliphatic heterocycles. The van der Waals surface area contributed by atoms with Gasteiger partial charge in [-0.2, -0.15) is 0 Å². The minimum Gasteiger partial charge on any atom is -0.385 e. The van der Waals surface area contributed by atoms with Crippen molar-refractivity contribution < 1.29 is 17.9 Å². The number of rotatable bonds is 7. The van der Waals surface area contributed by atoms with Crippen LogP contribution in [0.15, 0.2) is 0 Å². The molecule has 0 unspecified atom stereocenters. The highest BCUT2D eigenvalue weighted by Gasteiger charge is 2.31. The standard InChI is InChI=1S/C13H26N4O4S2/c1-3-23(19,20)17-8-4-6-11(10-17)12(18)15-16-13(22)14-7-5-9-21-2/h11H,3-10H2,1-2H3,(H,15,18)(H2,14,16,22)/t11-/m0/s1. The Kier molecular flexibility index (Phi) is 8.74. The molecule has 1 heterocycles. The van der Waals surface area contributed by atoms with Gasteiger partial charge in [0.15, 0.2) is 5.11 Å². The van der Waals surface area contributed by atoms with Crippen LogP contribution in [0.25, 0.3) is 0 Å². The Hall–Kier alpha value is -0.970. The summed E-state index contributed by atoms with van der Waals surface area (Å²) in [6.07, 6.45) is 2.15. The third-order valence-corrected chi connectivity index (χ3v) is 5.72. The highest BCUT2D eigenvalue weighted by molar-refractivity contribution is 7.89. The molecule has 0 bridgehead atoms. The molecule has 1 aliphatic rings. The zero-order valence-electron chi connectivity index (χ0n) is 13.6. The predicted octanol–water partition coefficient (Wildman–Crippen LogP) is -0.420. The highest BCUT2D eigenvalue weighted by atomic mass is 32.2. The zero-order valence-corrected chi connectivity index (χ0v) is 15.3. The molecule has 1 atom stereocenters. The number of carbonyl (C=O) groups excluding carboxylic acids is 1. The second-order valence-electron chi connectivity index (χ2n) is 5.31. The smallest absolute Gasteiger partial charge is 0.242 e. The summed E-state index contributed by atoms with van der Waals surface area (Å²) in [5.41, 5.74) is 5.17. The van der Waals surface area contributed by atoms with Gasteiger partial charge >= 0.3 is 0 Å². The fraction of sp³-hybridized carbons (Fsp3) is 0.846. The lowest BCUT2D eigenvalue weighted by atomic mass is 9.99. The van der Waals surface area contributed by atoms with Gasteiger partial charge in [0, 0.05) is 33.4 Å². The van der Waals surface area contributed by atoms with Crippen LogP contribution >= 0.6 is 12.2 Å². The molecular weight excluding hydrogens is 340 g/mol. The molecule has 0 aliphatic carbocycles. The van der Waals surface area contributed by atoms with E-state index in [0.29, 0.717) is 37.7 Å². The normalized spacial score (nSPS) is 19.1. The fourth-order valence-corrected chi connectivity index (χ4v) is 3.61. The van der Waals surface area contributed by atoms with Crippen molar-refractivity contribution in [2.75, 3.05) is 39.1 Å². The Morgan fingerprint density at radius 3 is 2.78 bits per heavy atom. The van der Waals surface area contributed by atoms with E-state index in [1.165, 1.54) is 4.31 Å². The van der Waals surface area contributed by atoms with E-state index in [0.717, 1.165) is 6.42 Å². The van der Waals surface area contributed by atoms with Gasteiger partial charge in [0.05, 0.1) is 11.7 Å². The van der Waals surface area contributed by atoms with Gasteiger partial charge < -0.3 is 10.1 Å². The van der Waals surface area contributed by atoms with Crippen molar-refractivity contribution in [3.63, 3.8) is 0 Å². The van der Waals surface area contributed by atoms with Gasteiger partial charge in [-0.25, -0.2) is 12.7 Å². The maximum Gasteiger partial charge on any atom is 0.242 e. The summed E-state index contributed by atoms with van der Waals surface area (Å²) in [6.45, 7) is 3.58. The minimum atomic E-state index is -3.25. The molecular formula is C13H26N4O4S2. The van der Waals surface area contributed by atoms with Gasteiger partial charge in [0.1, 0.15) is 0 Å². The first-order chi connectivity index (χ1) is 10.9. The summed E-state index contributed by atoms with van der Waals surface area (Å²) < 4.78 is 30.1. The quantitative estimate of drug-likeness (QED) is 0.320. The third kappa shape index (κ3) is 6.98. The van der Waals surface area contributed by atoms with Crippen LogP contribution in [0.2, 0.25) is 0 Å². The predicted molar refractivity (Wildman–Crippen MR) is 92.1 cm³/mol. The molecule has 3 N–H and O–H groups in total. The van der Waals surface area contributed by atoms with Crippen molar-refractivity contribution in [2.45, 2.75) is 26.2 Å². The molecule has 0 spiro atoms. The van der Waals surface area contributed by atoms with Gasteiger partial charge in [-0.15, -0.1) is 0 Å². The van der Waals surface area contributed by atoms with Gasteiger partial charge in [-0.05, 0) is 38.4 Å². The van der Waals surface area contributed by atoms with Crippen LogP contribution < -0.4 is 16.2 Å². The van der Waals surface area contributed by atoms with Crippen molar-refractivity contribution >= 4 is 33.3 Å². The number of amides is 1. The average Bonchev–Trinajstić information content (AvgIpc) is 2.56. The first-order valence-electron chi connectivity index (χ1n) is 7.71. The molecule has 0 saturated carbocycles. The monoisotopic (exact) mass is 366 g/mol. The lowest BCUT2D eigenvalue weighted by Gasteiger charge is -2.30. The van der Waals surface area contributed by atoms with Crippen LogP contribution in [-0.2, 0) is 19.6 Å². The molecule has 1 fully saturated rings. The second kappa shape index (κ2) is 10.0. The summed E-state index contributed by atoms with van der Waals surface area (Å²) in [6, 6.07) is 0. The van der Waals surface area contributed by atoms with Crippen LogP contribution in [0.1, 0.15) is 26.2 Å². The molecule has 0 aromatic rings. The topological polar surface area (TPSA) is 99.8 Å². The molecule has 0 aromatic heterocycles.